The molecule has 134 valence electrons. The minimum absolute atomic E-state index is 0.0340. The van der Waals surface area contributed by atoms with E-state index < -0.39 is 0 Å². The van der Waals surface area contributed by atoms with Crippen molar-refractivity contribution in [1.82, 2.24) is 15.1 Å². The van der Waals surface area contributed by atoms with E-state index in [9.17, 15) is 9.59 Å². The molecule has 1 aliphatic carbocycles. The Balaban J connectivity index is 1.93. The lowest BCUT2D eigenvalue weighted by atomic mass is 10.0. The Morgan fingerprint density at radius 1 is 1.36 bits per heavy atom. The number of nitrogens with zero attached hydrogens (tertiary/aromatic N) is 2. The molecule has 2 aromatic rings. The third kappa shape index (κ3) is 3.78. The fraction of sp³-hybridized carbons (Fsp3) is 0.526. The highest BCUT2D eigenvalue weighted by molar-refractivity contribution is 9.10. The lowest BCUT2D eigenvalue weighted by Gasteiger charge is -2.18. The van der Waals surface area contributed by atoms with Crippen LogP contribution < -0.4 is 10.9 Å². The van der Waals surface area contributed by atoms with Gasteiger partial charge < -0.3 is 5.32 Å². The second-order valence-electron chi connectivity index (χ2n) is 7.27. The standard InChI is InChI=1S/C19H24BrN3O2/c1-11(2)18-15-9-13(20)7-8-14(15)19(25)23(22-18)10-17(24)21-16-6-4-5-12(16)3/h7-9,11-12,16H,4-6,10H2,1-3H3,(H,21,24)/t12?,16-/m1/s1. The summed E-state index contributed by atoms with van der Waals surface area (Å²) in [4.78, 5) is 25.2. The maximum atomic E-state index is 12.8. The van der Waals surface area contributed by atoms with E-state index in [1.807, 2.05) is 26.0 Å². The van der Waals surface area contributed by atoms with E-state index in [2.05, 4.69) is 33.3 Å². The molecule has 6 heteroatoms. The monoisotopic (exact) mass is 405 g/mol. The molecule has 1 fully saturated rings. The maximum absolute atomic E-state index is 12.8. The van der Waals surface area contributed by atoms with Gasteiger partial charge >= 0.3 is 0 Å². The molecule has 0 saturated heterocycles. The number of aromatic nitrogens is 2. The minimum Gasteiger partial charge on any atom is -0.351 e. The summed E-state index contributed by atoms with van der Waals surface area (Å²) in [7, 11) is 0. The molecule has 25 heavy (non-hydrogen) atoms. The molecule has 2 atom stereocenters. The highest BCUT2D eigenvalue weighted by Gasteiger charge is 2.25. The van der Waals surface area contributed by atoms with Crippen LogP contribution in [0.15, 0.2) is 27.5 Å². The van der Waals surface area contributed by atoms with Gasteiger partial charge in [0.2, 0.25) is 5.91 Å². The van der Waals surface area contributed by atoms with E-state index in [-0.39, 0.29) is 30.0 Å². The van der Waals surface area contributed by atoms with Crippen LogP contribution in [0.4, 0.5) is 0 Å². The number of fused-ring (bicyclic) bond motifs is 1. The van der Waals surface area contributed by atoms with E-state index in [1.165, 1.54) is 4.68 Å². The molecular weight excluding hydrogens is 382 g/mol. The van der Waals surface area contributed by atoms with E-state index in [0.29, 0.717) is 11.3 Å². The molecule has 1 aromatic heterocycles. The van der Waals surface area contributed by atoms with Crippen LogP contribution in [-0.4, -0.2) is 21.7 Å². The topological polar surface area (TPSA) is 64.0 Å². The van der Waals surface area contributed by atoms with Crippen LogP contribution in [0.2, 0.25) is 0 Å². The Morgan fingerprint density at radius 3 is 2.76 bits per heavy atom. The van der Waals surface area contributed by atoms with Crippen LogP contribution in [0.1, 0.15) is 51.6 Å². The Labute approximate surface area is 155 Å². The first-order chi connectivity index (χ1) is 11.9. The zero-order valence-corrected chi connectivity index (χ0v) is 16.5. The first-order valence-corrected chi connectivity index (χ1v) is 9.65. The number of halogens is 1. The van der Waals surface area contributed by atoms with Gasteiger partial charge in [-0.2, -0.15) is 5.10 Å². The summed E-state index contributed by atoms with van der Waals surface area (Å²) < 4.78 is 2.22. The molecule has 0 spiro atoms. The van der Waals surface area contributed by atoms with Crippen molar-refractivity contribution in [2.24, 2.45) is 5.92 Å². The number of amides is 1. The average molecular weight is 406 g/mol. The van der Waals surface area contributed by atoms with Gasteiger partial charge in [0, 0.05) is 15.9 Å². The number of carbonyl (C=O) groups is 1. The van der Waals surface area contributed by atoms with Crippen LogP contribution in [-0.2, 0) is 11.3 Å². The van der Waals surface area contributed by atoms with Gasteiger partial charge in [-0.15, -0.1) is 0 Å². The van der Waals surface area contributed by atoms with Crippen molar-refractivity contribution in [3.8, 4) is 0 Å². The second kappa shape index (κ2) is 7.28. The van der Waals surface area contributed by atoms with Gasteiger partial charge in [-0.25, -0.2) is 4.68 Å². The molecule has 1 heterocycles. The van der Waals surface area contributed by atoms with Gasteiger partial charge in [0.05, 0.1) is 11.1 Å². The van der Waals surface area contributed by atoms with E-state index in [4.69, 9.17) is 0 Å². The molecule has 3 rings (SSSR count). The normalized spacial score (nSPS) is 20.4. The van der Waals surface area contributed by atoms with Crippen LogP contribution in [0.25, 0.3) is 10.8 Å². The summed E-state index contributed by atoms with van der Waals surface area (Å²) in [6.07, 6.45) is 3.30. The molecule has 1 N–H and O–H groups in total. The Hall–Kier alpha value is -1.69. The summed E-state index contributed by atoms with van der Waals surface area (Å²) in [5, 5.41) is 9.01. The Morgan fingerprint density at radius 2 is 2.12 bits per heavy atom. The number of benzene rings is 1. The number of nitrogens with one attached hydrogen (secondary N) is 1. The number of hydrogen-bond donors (Lipinski definition) is 1. The number of rotatable bonds is 4. The van der Waals surface area contributed by atoms with E-state index in [0.717, 1.165) is 34.8 Å². The Kier molecular flexibility index (Phi) is 5.27. The van der Waals surface area contributed by atoms with Crippen molar-refractivity contribution in [1.29, 1.82) is 0 Å². The average Bonchev–Trinajstić information content (AvgIpc) is 2.94. The first kappa shape index (κ1) is 18.1. The zero-order valence-electron chi connectivity index (χ0n) is 14.9. The van der Waals surface area contributed by atoms with Gasteiger partial charge in [-0.05, 0) is 42.9 Å². The summed E-state index contributed by atoms with van der Waals surface area (Å²) >= 11 is 3.45. The van der Waals surface area contributed by atoms with Crippen LogP contribution in [0.5, 0.6) is 0 Å². The summed E-state index contributed by atoms with van der Waals surface area (Å²) in [6.45, 7) is 6.20. The summed E-state index contributed by atoms with van der Waals surface area (Å²) in [5.74, 6) is 0.509. The Bertz CT molecular complexity index is 860. The van der Waals surface area contributed by atoms with Crippen molar-refractivity contribution in [3.63, 3.8) is 0 Å². The van der Waals surface area contributed by atoms with E-state index in [1.54, 1.807) is 6.07 Å². The summed E-state index contributed by atoms with van der Waals surface area (Å²) in [6, 6.07) is 5.77. The third-order valence-corrected chi connectivity index (χ3v) is 5.49. The van der Waals surface area contributed by atoms with Crippen molar-refractivity contribution in [3.05, 3.63) is 38.7 Å². The lowest BCUT2D eigenvalue weighted by Crippen LogP contribution is -2.40. The van der Waals surface area contributed by atoms with Crippen molar-refractivity contribution in [2.75, 3.05) is 0 Å². The zero-order chi connectivity index (χ0) is 18.1. The maximum Gasteiger partial charge on any atom is 0.275 e. The van der Waals surface area contributed by atoms with E-state index >= 15 is 0 Å². The molecule has 1 unspecified atom stereocenters. The molecule has 1 aromatic carbocycles. The third-order valence-electron chi connectivity index (χ3n) is 5.00. The number of carbonyl (C=O) groups excluding carboxylic acids is 1. The molecule has 1 aliphatic rings. The molecule has 0 radical (unpaired) electrons. The van der Waals surface area contributed by atoms with Crippen LogP contribution in [0.3, 0.4) is 0 Å². The van der Waals surface area contributed by atoms with Gasteiger partial charge in [0.1, 0.15) is 6.54 Å². The van der Waals surface area contributed by atoms with Crippen molar-refractivity contribution in [2.45, 2.75) is 58.5 Å². The predicted molar refractivity (Wildman–Crippen MR) is 103 cm³/mol. The van der Waals surface area contributed by atoms with Crippen molar-refractivity contribution < 1.29 is 4.79 Å². The highest BCUT2D eigenvalue weighted by atomic mass is 79.9. The smallest absolute Gasteiger partial charge is 0.275 e. The van der Waals surface area contributed by atoms with Crippen molar-refractivity contribution >= 4 is 32.6 Å². The fourth-order valence-corrected chi connectivity index (χ4v) is 3.93. The van der Waals surface area contributed by atoms with Gasteiger partial charge in [-0.1, -0.05) is 43.1 Å². The van der Waals surface area contributed by atoms with Gasteiger partial charge in [0.25, 0.3) is 5.56 Å². The second-order valence-corrected chi connectivity index (χ2v) is 8.19. The van der Waals surface area contributed by atoms with Crippen LogP contribution >= 0.6 is 15.9 Å². The largest absolute Gasteiger partial charge is 0.351 e. The quantitative estimate of drug-likeness (QED) is 0.844. The molecule has 1 amide bonds. The number of hydrogen-bond acceptors (Lipinski definition) is 3. The van der Waals surface area contributed by atoms with Gasteiger partial charge in [-0.3, -0.25) is 9.59 Å². The highest BCUT2D eigenvalue weighted by Crippen LogP contribution is 2.25. The van der Waals surface area contributed by atoms with Crippen LogP contribution in [0, 0.1) is 5.92 Å². The molecular formula is C19H24BrN3O2. The molecule has 1 saturated carbocycles. The SMILES string of the molecule is CC(C)c1nn(CC(=O)N[C@@H]2CCCC2C)c(=O)c2ccc(Br)cc12. The molecule has 0 bridgehead atoms. The predicted octanol–water partition coefficient (Wildman–Crippen LogP) is 3.59. The fourth-order valence-electron chi connectivity index (χ4n) is 3.57. The molecule has 0 aliphatic heterocycles. The lowest BCUT2D eigenvalue weighted by molar-refractivity contribution is -0.122. The first-order valence-electron chi connectivity index (χ1n) is 8.86. The minimum atomic E-state index is -0.221. The summed E-state index contributed by atoms with van der Waals surface area (Å²) in [5.41, 5.74) is 0.611. The van der Waals surface area contributed by atoms with Gasteiger partial charge in [0.15, 0.2) is 0 Å². The molecule has 5 nitrogen and oxygen atoms in total.